The molecular weight excluding hydrogens is 458 g/mol. The minimum absolute atomic E-state index is 0.0171. The Bertz CT molecular complexity index is 1140. The van der Waals surface area contributed by atoms with Crippen LogP contribution in [0.25, 0.3) is 0 Å². The molecule has 1 aliphatic rings. The van der Waals surface area contributed by atoms with Crippen LogP contribution in [-0.2, 0) is 37.2 Å². The number of amides is 2. The van der Waals surface area contributed by atoms with Gasteiger partial charge in [0.25, 0.3) is 5.91 Å². The van der Waals surface area contributed by atoms with Gasteiger partial charge in [-0.25, -0.2) is 18.4 Å². The molecule has 2 unspecified atom stereocenters. The number of hydrogen-bond acceptors (Lipinski definition) is 7. The van der Waals surface area contributed by atoms with Crippen LogP contribution < -0.4 is 15.4 Å². The van der Waals surface area contributed by atoms with Gasteiger partial charge in [0.15, 0.2) is 0 Å². The molecule has 0 saturated carbocycles. The molecule has 34 heavy (non-hydrogen) atoms. The van der Waals surface area contributed by atoms with Gasteiger partial charge in [-0.2, -0.15) is 4.72 Å². The first-order valence-electron chi connectivity index (χ1n) is 11.2. The van der Waals surface area contributed by atoms with Gasteiger partial charge in [0.05, 0.1) is 4.90 Å². The Labute approximate surface area is 199 Å². The van der Waals surface area contributed by atoms with Gasteiger partial charge < -0.3 is 10.6 Å². The van der Waals surface area contributed by atoms with Crippen LogP contribution in [-0.4, -0.2) is 54.6 Å². The van der Waals surface area contributed by atoms with Crippen molar-refractivity contribution in [1.82, 2.24) is 25.3 Å². The first kappa shape index (κ1) is 25.4. The molecule has 0 radical (unpaired) electrons. The smallest absolute Gasteiger partial charge is 0.289 e. The summed E-state index contributed by atoms with van der Waals surface area (Å²) in [5.41, 5.74) is 0.503. The molecule has 182 valence electrons. The van der Waals surface area contributed by atoms with Crippen LogP contribution in [0.15, 0.2) is 47.5 Å². The summed E-state index contributed by atoms with van der Waals surface area (Å²) >= 11 is 0. The zero-order chi connectivity index (χ0) is 24.7. The number of ketones is 1. The molecule has 11 heteroatoms. The third kappa shape index (κ3) is 6.67. The monoisotopic (exact) mass is 487 g/mol. The summed E-state index contributed by atoms with van der Waals surface area (Å²) in [5, 5.41) is 5.16. The molecule has 2 aromatic rings. The number of hydrogen-bond donors (Lipinski definition) is 3. The van der Waals surface area contributed by atoms with Crippen LogP contribution in [0.4, 0.5) is 0 Å². The van der Waals surface area contributed by atoms with E-state index in [1.165, 1.54) is 12.1 Å². The Kier molecular flexibility index (Phi) is 8.46. The highest BCUT2D eigenvalue weighted by Gasteiger charge is 2.33. The van der Waals surface area contributed by atoms with Crippen molar-refractivity contribution in [1.29, 1.82) is 0 Å². The highest BCUT2D eigenvalue weighted by Crippen LogP contribution is 2.13. The number of aryl methyl sites for hydroxylation is 1. The Morgan fingerprint density at radius 2 is 1.85 bits per heavy atom. The second-order valence-corrected chi connectivity index (χ2v) is 10.2. The molecule has 0 saturated heterocycles. The van der Waals surface area contributed by atoms with Crippen molar-refractivity contribution in [2.45, 2.75) is 56.5 Å². The number of fused-ring (bicyclic) bond motifs is 2. The van der Waals surface area contributed by atoms with E-state index < -0.39 is 45.6 Å². The van der Waals surface area contributed by atoms with Gasteiger partial charge in [0.2, 0.25) is 21.7 Å². The van der Waals surface area contributed by atoms with Crippen LogP contribution in [0.5, 0.6) is 0 Å². The first-order chi connectivity index (χ1) is 16.2. The number of nitrogens with one attached hydrogen (secondary N) is 3. The van der Waals surface area contributed by atoms with E-state index in [9.17, 15) is 22.8 Å². The van der Waals surface area contributed by atoms with Crippen LogP contribution in [0.3, 0.4) is 0 Å². The standard InChI is InChI=1S/C23H29N5O5S/c1-15(2)20(28-34(32,33)17-8-4-3-5-9-17)22(30)27-18-14-16-11-13-24-19(26-16)10-6-7-12-25-23(31)21(18)29/h3-5,8-9,11,13,15,18,20,28H,6-7,10,12,14H2,1-2H3,(H,25,31)(H,27,30). The summed E-state index contributed by atoms with van der Waals surface area (Å²) in [6.45, 7) is 3.68. The van der Waals surface area contributed by atoms with Crippen molar-refractivity contribution >= 4 is 27.6 Å². The van der Waals surface area contributed by atoms with Gasteiger partial charge in [-0.15, -0.1) is 0 Å². The lowest BCUT2D eigenvalue weighted by molar-refractivity contribution is -0.140. The minimum Gasteiger partial charge on any atom is -0.349 e. The number of Topliss-reactive ketones (excluding diaryl/α,β-unsaturated/α-hetero) is 1. The maximum Gasteiger partial charge on any atom is 0.289 e. The molecule has 2 amide bonds. The van der Waals surface area contributed by atoms with Crippen molar-refractivity contribution in [3.63, 3.8) is 0 Å². The molecule has 3 rings (SSSR count). The van der Waals surface area contributed by atoms with E-state index in [4.69, 9.17) is 0 Å². The molecule has 1 aliphatic heterocycles. The van der Waals surface area contributed by atoms with E-state index in [2.05, 4.69) is 25.3 Å². The second kappa shape index (κ2) is 11.3. The van der Waals surface area contributed by atoms with Crippen LogP contribution >= 0.6 is 0 Å². The second-order valence-electron chi connectivity index (χ2n) is 8.46. The molecule has 0 fully saturated rings. The van der Waals surface area contributed by atoms with E-state index in [1.54, 1.807) is 44.3 Å². The lowest BCUT2D eigenvalue weighted by Gasteiger charge is -2.25. The number of sulfonamides is 1. The maximum absolute atomic E-state index is 13.2. The number of nitrogens with zero attached hydrogens (tertiary/aromatic N) is 2. The molecule has 0 spiro atoms. The quantitative estimate of drug-likeness (QED) is 0.504. The molecule has 2 bridgehead atoms. The molecule has 3 N–H and O–H groups in total. The molecule has 1 aromatic carbocycles. The Morgan fingerprint density at radius 1 is 1.12 bits per heavy atom. The fourth-order valence-corrected chi connectivity index (χ4v) is 4.90. The third-order valence-electron chi connectivity index (χ3n) is 5.43. The fraction of sp³-hybridized carbons (Fsp3) is 0.435. The fourth-order valence-electron chi connectivity index (χ4n) is 3.54. The number of benzene rings is 1. The largest absolute Gasteiger partial charge is 0.349 e. The zero-order valence-corrected chi connectivity index (χ0v) is 20.0. The van der Waals surface area contributed by atoms with Crippen molar-refractivity contribution in [2.75, 3.05) is 6.54 Å². The lowest BCUT2D eigenvalue weighted by atomic mass is 10.0. The highest BCUT2D eigenvalue weighted by molar-refractivity contribution is 7.89. The predicted molar refractivity (Wildman–Crippen MR) is 124 cm³/mol. The number of aromatic nitrogens is 2. The van der Waals surface area contributed by atoms with E-state index >= 15 is 0 Å². The summed E-state index contributed by atoms with van der Waals surface area (Å²) in [5.74, 6) is -2.13. The SMILES string of the molecule is CC(C)C(NS(=O)(=O)c1ccccc1)C(=O)NC1Cc2ccnc(n2)CCCCNC(=O)C1=O. The van der Waals surface area contributed by atoms with Gasteiger partial charge in [-0.3, -0.25) is 14.4 Å². The Morgan fingerprint density at radius 3 is 2.56 bits per heavy atom. The number of rotatable bonds is 6. The third-order valence-corrected chi connectivity index (χ3v) is 6.89. The van der Waals surface area contributed by atoms with Crippen molar-refractivity contribution in [3.8, 4) is 0 Å². The Hall–Kier alpha value is -3.18. The van der Waals surface area contributed by atoms with Crippen molar-refractivity contribution in [2.24, 2.45) is 5.92 Å². The number of carbonyl (C=O) groups is 3. The van der Waals surface area contributed by atoms with E-state index in [0.29, 0.717) is 30.9 Å². The van der Waals surface area contributed by atoms with E-state index in [-0.39, 0.29) is 11.3 Å². The molecule has 0 aliphatic carbocycles. The molecule has 1 aromatic heterocycles. The van der Waals surface area contributed by atoms with E-state index in [0.717, 1.165) is 6.42 Å². The summed E-state index contributed by atoms with van der Waals surface area (Å²) in [7, 11) is -3.99. The average Bonchev–Trinajstić information content (AvgIpc) is 2.81. The molecule has 10 nitrogen and oxygen atoms in total. The molecular formula is C23H29N5O5S. The normalized spacial score (nSPS) is 18.4. The van der Waals surface area contributed by atoms with Crippen LogP contribution in [0, 0.1) is 5.92 Å². The van der Waals surface area contributed by atoms with Gasteiger partial charge >= 0.3 is 0 Å². The summed E-state index contributed by atoms with van der Waals surface area (Å²) in [6, 6.07) is 6.94. The first-order valence-corrected chi connectivity index (χ1v) is 12.7. The zero-order valence-electron chi connectivity index (χ0n) is 19.2. The van der Waals surface area contributed by atoms with Gasteiger partial charge in [0.1, 0.15) is 17.9 Å². The topological polar surface area (TPSA) is 147 Å². The maximum atomic E-state index is 13.2. The molecule has 2 heterocycles. The van der Waals surface area contributed by atoms with Gasteiger partial charge in [-0.05, 0) is 37.0 Å². The van der Waals surface area contributed by atoms with Crippen molar-refractivity contribution in [3.05, 3.63) is 54.1 Å². The van der Waals surface area contributed by atoms with Gasteiger partial charge in [0, 0.05) is 31.3 Å². The highest BCUT2D eigenvalue weighted by atomic mass is 32.2. The summed E-state index contributed by atoms with van der Waals surface area (Å²) < 4.78 is 28.0. The predicted octanol–water partition coefficient (Wildman–Crippen LogP) is 0.529. The summed E-state index contributed by atoms with van der Waals surface area (Å²) in [4.78, 5) is 47.1. The molecule has 2 atom stereocenters. The lowest BCUT2D eigenvalue weighted by Crippen LogP contribution is -2.56. The Balaban J connectivity index is 1.84. The minimum atomic E-state index is -3.99. The van der Waals surface area contributed by atoms with Crippen molar-refractivity contribution < 1.29 is 22.8 Å². The van der Waals surface area contributed by atoms with Crippen LogP contribution in [0.1, 0.15) is 38.2 Å². The van der Waals surface area contributed by atoms with Crippen LogP contribution in [0.2, 0.25) is 0 Å². The summed E-state index contributed by atoms with van der Waals surface area (Å²) in [6.07, 6.45) is 3.60. The average molecular weight is 488 g/mol. The van der Waals surface area contributed by atoms with E-state index in [1.807, 2.05) is 0 Å². The van der Waals surface area contributed by atoms with Gasteiger partial charge in [-0.1, -0.05) is 32.0 Å². The number of carbonyl (C=O) groups excluding carboxylic acids is 3.